The zero-order valence-electron chi connectivity index (χ0n) is 16.3. The number of ether oxygens (including phenoxy) is 1. The van der Waals surface area contributed by atoms with Gasteiger partial charge in [0.05, 0.1) is 18.2 Å². The van der Waals surface area contributed by atoms with E-state index in [1.54, 1.807) is 30.0 Å². The average molecular weight is 405 g/mol. The molecule has 0 aromatic heterocycles. The molecule has 2 aromatic carbocycles. The molecule has 0 radical (unpaired) electrons. The van der Waals surface area contributed by atoms with Gasteiger partial charge in [0.1, 0.15) is 0 Å². The Hall–Kier alpha value is -2.83. The number of benzene rings is 2. The highest BCUT2D eigenvalue weighted by Crippen LogP contribution is 2.38. The Kier molecular flexibility index (Phi) is 5.96. The third-order valence-corrected chi connectivity index (χ3v) is 5.23. The molecule has 0 spiro atoms. The Morgan fingerprint density at radius 2 is 1.66 bits per heavy atom. The number of hydrogen-bond donors (Lipinski definition) is 0. The molecular weight excluding hydrogens is 383 g/mol. The summed E-state index contributed by atoms with van der Waals surface area (Å²) in [7, 11) is 1.27. The standard InChI is InChI=1S/C22H22F3NO3/c1-14-11-16(13-17(12-14)21(28)29-2)20(27)26-9-7-15(8-10-26)18-5-3-4-6-19(18)22(23,24)25/h3-6,11-13,15H,7-10H2,1-2H3. The van der Waals surface area contributed by atoms with Crippen LogP contribution in [0.1, 0.15) is 56.2 Å². The normalized spacial score (nSPS) is 15.3. The second kappa shape index (κ2) is 8.27. The van der Waals surface area contributed by atoms with Crippen molar-refractivity contribution in [2.75, 3.05) is 20.2 Å². The van der Waals surface area contributed by atoms with Crippen LogP contribution in [0.15, 0.2) is 42.5 Å². The molecule has 0 atom stereocenters. The van der Waals surface area contributed by atoms with E-state index >= 15 is 0 Å². The van der Waals surface area contributed by atoms with Crippen molar-refractivity contribution < 1.29 is 27.5 Å². The Morgan fingerprint density at radius 3 is 2.28 bits per heavy atom. The summed E-state index contributed by atoms with van der Waals surface area (Å²) in [5.41, 5.74) is 1.11. The van der Waals surface area contributed by atoms with Crippen LogP contribution in [0, 0.1) is 6.92 Å². The van der Waals surface area contributed by atoms with Gasteiger partial charge in [0.2, 0.25) is 0 Å². The molecule has 1 fully saturated rings. The number of likely N-dealkylation sites (tertiary alicyclic amines) is 1. The van der Waals surface area contributed by atoms with E-state index < -0.39 is 17.7 Å². The van der Waals surface area contributed by atoms with Crippen molar-refractivity contribution in [1.82, 2.24) is 4.90 Å². The lowest BCUT2D eigenvalue weighted by molar-refractivity contribution is -0.138. The SMILES string of the molecule is COC(=O)c1cc(C)cc(C(=O)N2CCC(c3ccccc3C(F)(F)F)CC2)c1. The van der Waals surface area contributed by atoms with Gasteiger partial charge in [-0.05, 0) is 61.1 Å². The summed E-state index contributed by atoms with van der Waals surface area (Å²) in [6.45, 7) is 2.50. The highest BCUT2D eigenvalue weighted by molar-refractivity contribution is 5.98. The third kappa shape index (κ3) is 4.60. The van der Waals surface area contributed by atoms with Crippen molar-refractivity contribution in [2.45, 2.75) is 31.9 Å². The van der Waals surface area contributed by atoms with Gasteiger partial charge in [0.15, 0.2) is 0 Å². The molecule has 0 N–H and O–H groups in total. The number of halogens is 3. The van der Waals surface area contributed by atoms with E-state index in [0.717, 1.165) is 11.6 Å². The Balaban J connectivity index is 1.74. The minimum Gasteiger partial charge on any atom is -0.465 e. The molecule has 3 rings (SSSR count). The smallest absolute Gasteiger partial charge is 0.416 e. The quantitative estimate of drug-likeness (QED) is 0.688. The molecule has 0 bridgehead atoms. The second-order valence-electron chi connectivity index (χ2n) is 7.23. The first-order valence-electron chi connectivity index (χ1n) is 9.36. The molecule has 154 valence electrons. The van der Waals surface area contributed by atoms with E-state index in [0.29, 0.717) is 37.1 Å². The van der Waals surface area contributed by atoms with Gasteiger partial charge in [-0.3, -0.25) is 4.79 Å². The van der Waals surface area contributed by atoms with Crippen LogP contribution in [0.5, 0.6) is 0 Å². The molecule has 2 aromatic rings. The van der Waals surface area contributed by atoms with Gasteiger partial charge in [-0.25, -0.2) is 4.79 Å². The molecule has 1 heterocycles. The first-order valence-corrected chi connectivity index (χ1v) is 9.36. The number of amides is 1. The molecule has 0 saturated carbocycles. The molecule has 0 aliphatic carbocycles. The van der Waals surface area contributed by atoms with Crippen molar-refractivity contribution in [3.8, 4) is 0 Å². The first-order chi connectivity index (χ1) is 13.7. The van der Waals surface area contributed by atoms with Gasteiger partial charge in [0.25, 0.3) is 5.91 Å². The molecule has 1 amide bonds. The largest absolute Gasteiger partial charge is 0.465 e. The summed E-state index contributed by atoms with van der Waals surface area (Å²) < 4.78 is 44.6. The van der Waals surface area contributed by atoms with Gasteiger partial charge in [-0.2, -0.15) is 13.2 Å². The number of nitrogens with zero attached hydrogens (tertiary/aromatic N) is 1. The fourth-order valence-corrected chi connectivity index (χ4v) is 3.83. The fourth-order valence-electron chi connectivity index (χ4n) is 3.83. The predicted molar refractivity (Wildman–Crippen MR) is 102 cm³/mol. The predicted octanol–water partition coefficient (Wildman–Crippen LogP) is 4.82. The van der Waals surface area contributed by atoms with E-state index in [-0.39, 0.29) is 17.4 Å². The summed E-state index contributed by atoms with van der Waals surface area (Å²) in [6, 6.07) is 10.5. The number of carbonyl (C=O) groups is 2. The van der Waals surface area contributed by atoms with E-state index in [1.165, 1.54) is 25.3 Å². The van der Waals surface area contributed by atoms with Gasteiger partial charge in [-0.15, -0.1) is 0 Å². The number of methoxy groups -OCH3 is 1. The van der Waals surface area contributed by atoms with E-state index in [4.69, 9.17) is 4.74 Å². The van der Waals surface area contributed by atoms with Crippen LogP contribution in [0.2, 0.25) is 0 Å². The van der Waals surface area contributed by atoms with Crippen LogP contribution in [0.3, 0.4) is 0 Å². The number of carbonyl (C=O) groups excluding carboxylic acids is 2. The topological polar surface area (TPSA) is 46.6 Å². The maximum Gasteiger partial charge on any atom is 0.416 e. The van der Waals surface area contributed by atoms with Crippen molar-refractivity contribution in [3.05, 3.63) is 70.3 Å². The van der Waals surface area contributed by atoms with Crippen molar-refractivity contribution in [1.29, 1.82) is 0 Å². The molecule has 0 unspecified atom stereocenters. The van der Waals surface area contributed by atoms with E-state index in [1.807, 2.05) is 0 Å². The molecule has 4 nitrogen and oxygen atoms in total. The monoisotopic (exact) mass is 405 g/mol. The van der Waals surface area contributed by atoms with Gasteiger partial charge in [-0.1, -0.05) is 18.2 Å². The lowest BCUT2D eigenvalue weighted by atomic mass is 9.86. The van der Waals surface area contributed by atoms with Crippen LogP contribution < -0.4 is 0 Å². The van der Waals surface area contributed by atoms with Crippen LogP contribution in [0.4, 0.5) is 13.2 Å². The highest BCUT2D eigenvalue weighted by Gasteiger charge is 2.36. The van der Waals surface area contributed by atoms with Crippen LogP contribution in [-0.4, -0.2) is 37.0 Å². The van der Waals surface area contributed by atoms with Gasteiger partial charge < -0.3 is 9.64 Å². The van der Waals surface area contributed by atoms with Gasteiger partial charge >= 0.3 is 12.1 Å². The van der Waals surface area contributed by atoms with Crippen molar-refractivity contribution >= 4 is 11.9 Å². The number of rotatable bonds is 3. The Bertz CT molecular complexity index is 916. The summed E-state index contributed by atoms with van der Waals surface area (Å²) in [5, 5.41) is 0. The third-order valence-electron chi connectivity index (χ3n) is 5.23. The highest BCUT2D eigenvalue weighted by atomic mass is 19.4. The van der Waals surface area contributed by atoms with Crippen LogP contribution >= 0.6 is 0 Å². The van der Waals surface area contributed by atoms with Crippen LogP contribution in [-0.2, 0) is 10.9 Å². The molecule has 29 heavy (non-hydrogen) atoms. The Morgan fingerprint density at radius 1 is 1.03 bits per heavy atom. The summed E-state index contributed by atoms with van der Waals surface area (Å²) in [5.74, 6) is -1.01. The maximum absolute atomic E-state index is 13.3. The summed E-state index contributed by atoms with van der Waals surface area (Å²) >= 11 is 0. The van der Waals surface area contributed by atoms with E-state index in [9.17, 15) is 22.8 Å². The maximum atomic E-state index is 13.3. The van der Waals surface area contributed by atoms with Crippen LogP contribution in [0.25, 0.3) is 0 Å². The van der Waals surface area contributed by atoms with Crippen molar-refractivity contribution in [3.63, 3.8) is 0 Å². The van der Waals surface area contributed by atoms with Gasteiger partial charge in [0, 0.05) is 18.7 Å². The number of aryl methyl sites for hydroxylation is 1. The zero-order valence-corrected chi connectivity index (χ0v) is 16.3. The lowest BCUT2D eigenvalue weighted by Crippen LogP contribution is -2.38. The molecule has 1 saturated heterocycles. The number of alkyl halides is 3. The first kappa shape index (κ1) is 20.9. The second-order valence-corrected chi connectivity index (χ2v) is 7.23. The van der Waals surface area contributed by atoms with Crippen molar-refractivity contribution in [2.24, 2.45) is 0 Å². The molecular formula is C22H22F3NO3. The van der Waals surface area contributed by atoms with E-state index in [2.05, 4.69) is 0 Å². The summed E-state index contributed by atoms with van der Waals surface area (Å²) in [4.78, 5) is 26.3. The molecule has 7 heteroatoms. The minimum atomic E-state index is -4.39. The average Bonchev–Trinajstić information content (AvgIpc) is 2.71. The molecule has 1 aliphatic rings. The summed E-state index contributed by atoms with van der Waals surface area (Å²) in [6.07, 6.45) is -3.49. The number of piperidine rings is 1. The molecule has 1 aliphatic heterocycles. The number of hydrogen-bond acceptors (Lipinski definition) is 3. The Labute approximate surface area is 167 Å². The lowest BCUT2D eigenvalue weighted by Gasteiger charge is -2.33. The zero-order chi connectivity index (χ0) is 21.2. The minimum absolute atomic E-state index is 0.235. The fraction of sp³-hybridized carbons (Fsp3) is 0.364. The number of esters is 1.